The molecule has 9 heteroatoms. The molecule has 1 aromatic heterocycles. The lowest BCUT2D eigenvalue weighted by molar-refractivity contribution is 0.0846. The fourth-order valence-electron chi connectivity index (χ4n) is 4.27. The minimum atomic E-state index is -3.66. The molecular weight excluding hydrogens is 452 g/mol. The lowest BCUT2D eigenvalue weighted by atomic mass is 10.2. The van der Waals surface area contributed by atoms with E-state index in [1.807, 2.05) is 48.7 Å². The van der Waals surface area contributed by atoms with E-state index in [1.54, 1.807) is 6.07 Å². The third-order valence-electron chi connectivity index (χ3n) is 6.03. The molecule has 34 heavy (non-hydrogen) atoms. The average molecular weight is 481 g/mol. The highest BCUT2D eigenvalue weighted by molar-refractivity contribution is 7.89. The minimum absolute atomic E-state index is 0.0692. The molecule has 0 radical (unpaired) electrons. The van der Waals surface area contributed by atoms with Gasteiger partial charge in [-0.3, -0.25) is 20.4 Å². The summed E-state index contributed by atoms with van der Waals surface area (Å²) >= 11 is 0. The summed E-state index contributed by atoms with van der Waals surface area (Å²) in [7, 11) is -3.66. The first-order valence-electron chi connectivity index (χ1n) is 11.2. The summed E-state index contributed by atoms with van der Waals surface area (Å²) in [5.41, 5.74) is 7.98. The monoisotopic (exact) mass is 480 g/mol. The van der Waals surface area contributed by atoms with Crippen molar-refractivity contribution in [3.63, 3.8) is 0 Å². The van der Waals surface area contributed by atoms with Crippen LogP contribution >= 0.6 is 0 Å². The normalized spacial score (nSPS) is 14.5. The molecule has 1 aliphatic heterocycles. The number of sulfonamides is 1. The molecule has 2 aromatic carbocycles. The number of hydrogen-bond donors (Lipinski definition) is 2. The second-order valence-corrected chi connectivity index (χ2v) is 10.3. The zero-order chi connectivity index (χ0) is 24.3. The van der Waals surface area contributed by atoms with E-state index in [2.05, 4.69) is 10.9 Å². The van der Waals surface area contributed by atoms with Crippen LogP contribution in [0.25, 0.3) is 5.69 Å². The Morgan fingerprint density at radius 1 is 0.824 bits per heavy atom. The van der Waals surface area contributed by atoms with Crippen molar-refractivity contribution in [3.8, 4) is 5.69 Å². The quantitative estimate of drug-likeness (QED) is 0.547. The Labute approximate surface area is 199 Å². The summed E-state index contributed by atoms with van der Waals surface area (Å²) in [5.74, 6) is -1.05. The average Bonchev–Trinajstić information content (AvgIpc) is 3.17. The Morgan fingerprint density at radius 3 is 2.21 bits per heavy atom. The number of nitrogens with zero attached hydrogens (tertiary/aromatic N) is 2. The van der Waals surface area contributed by atoms with Crippen molar-refractivity contribution in [1.82, 2.24) is 19.7 Å². The number of aromatic nitrogens is 1. The van der Waals surface area contributed by atoms with Gasteiger partial charge in [0.1, 0.15) is 0 Å². The minimum Gasteiger partial charge on any atom is -0.318 e. The maximum Gasteiger partial charge on any atom is 0.271 e. The maximum atomic E-state index is 12.9. The number of benzene rings is 2. The highest BCUT2D eigenvalue weighted by Crippen LogP contribution is 2.22. The van der Waals surface area contributed by atoms with E-state index >= 15 is 0 Å². The van der Waals surface area contributed by atoms with E-state index in [4.69, 9.17) is 0 Å². The Kier molecular flexibility index (Phi) is 6.85. The molecule has 0 bridgehead atoms. The fraction of sp³-hybridized carbons (Fsp3) is 0.280. The molecule has 4 rings (SSSR count). The fourth-order valence-corrected chi connectivity index (χ4v) is 5.84. The molecule has 0 spiro atoms. The molecule has 2 N–H and O–H groups in total. The number of hydrogen-bond acceptors (Lipinski definition) is 4. The van der Waals surface area contributed by atoms with E-state index < -0.39 is 21.8 Å². The summed E-state index contributed by atoms with van der Waals surface area (Å²) in [5, 5.41) is 0. The Hall–Kier alpha value is -3.43. The van der Waals surface area contributed by atoms with E-state index in [9.17, 15) is 18.0 Å². The molecule has 178 valence electrons. The zero-order valence-corrected chi connectivity index (χ0v) is 20.1. The SMILES string of the molecule is Cc1cc(C(=O)NNC(=O)c2cccc(S(=O)(=O)N3CCCCC3)c2)c(C)n1-c1ccccc1. The maximum absolute atomic E-state index is 12.9. The van der Waals surface area contributed by atoms with Gasteiger partial charge in [-0.15, -0.1) is 0 Å². The second kappa shape index (κ2) is 9.82. The van der Waals surface area contributed by atoms with Crippen LogP contribution in [-0.2, 0) is 10.0 Å². The first kappa shape index (κ1) is 23.7. The third kappa shape index (κ3) is 4.76. The third-order valence-corrected chi connectivity index (χ3v) is 7.92. The summed E-state index contributed by atoms with van der Waals surface area (Å²) in [6.07, 6.45) is 2.68. The highest BCUT2D eigenvalue weighted by atomic mass is 32.2. The molecular formula is C25H28N4O4S. The van der Waals surface area contributed by atoms with E-state index in [0.29, 0.717) is 18.7 Å². The summed E-state index contributed by atoms with van der Waals surface area (Å²) < 4.78 is 29.3. The number of nitrogens with one attached hydrogen (secondary N) is 2. The second-order valence-electron chi connectivity index (χ2n) is 8.36. The lowest BCUT2D eigenvalue weighted by Gasteiger charge is -2.26. The topological polar surface area (TPSA) is 101 Å². The number of para-hydroxylation sites is 1. The molecule has 1 saturated heterocycles. The first-order chi connectivity index (χ1) is 16.3. The van der Waals surface area contributed by atoms with Crippen LogP contribution in [0, 0.1) is 13.8 Å². The molecule has 2 amide bonds. The van der Waals surface area contributed by atoms with E-state index in [1.165, 1.54) is 28.6 Å². The van der Waals surface area contributed by atoms with Crippen LogP contribution in [-0.4, -0.2) is 42.2 Å². The number of carbonyl (C=O) groups excluding carboxylic acids is 2. The molecule has 0 atom stereocenters. The Balaban J connectivity index is 1.46. The van der Waals surface area contributed by atoms with Crippen molar-refractivity contribution in [2.75, 3.05) is 13.1 Å². The van der Waals surface area contributed by atoms with Crippen molar-refractivity contribution in [1.29, 1.82) is 0 Å². The number of hydrazine groups is 1. The molecule has 1 aliphatic rings. The Bertz CT molecular complexity index is 1310. The van der Waals surface area contributed by atoms with Gasteiger partial charge in [0.05, 0.1) is 10.5 Å². The van der Waals surface area contributed by atoms with Crippen molar-refractivity contribution in [2.24, 2.45) is 0 Å². The number of aryl methyl sites for hydroxylation is 1. The van der Waals surface area contributed by atoms with Gasteiger partial charge >= 0.3 is 0 Å². The van der Waals surface area contributed by atoms with Crippen molar-refractivity contribution < 1.29 is 18.0 Å². The van der Waals surface area contributed by atoms with Crippen molar-refractivity contribution in [2.45, 2.75) is 38.0 Å². The van der Waals surface area contributed by atoms with Gasteiger partial charge in [0, 0.05) is 35.7 Å². The molecule has 2 heterocycles. The van der Waals surface area contributed by atoms with Gasteiger partial charge in [-0.2, -0.15) is 4.31 Å². The largest absolute Gasteiger partial charge is 0.318 e. The first-order valence-corrected chi connectivity index (χ1v) is 12.7. The number of piperidine rings is 1. The number of rotatable bonds is 5. The predicted molar refractivity (Wildman–Crippen MR) is 129 cm³/mol. The summed E-state index contributed by atoms with van der Waals surface area (Å²) in [6, 6.07) is 17.3. The van der Waals surface area contributed by atoms with Crippen LogP contribution in [0.2, 0.25) is 0 Å². The van der Waals surface area contributed by atoms with Gasteiger partial charge in [0.2, 0.25) is 10.0 Å². The number of amides is 2. The molecule has 0 unspecified atom stereocenters. The van der Waals surface area contributed by atoms with Crippen LogP contribution < -0.4 is 10.9 Å². The van der Waals surface area contributed by atoms with Gasteiger partial charge in [-0.25, -0.2) is 8.42 Å². The molecule has 0 aliphatic carbocycles. The molecule has 0 saturated carbocycles. The van der Waals surface area contributed by atoms with E-state index in [0.717, 1.165) is 36.3 Å². The smallest absolute Gasteiger partial charge is 0.271 e. The van der Waals surface area contributed by atoms with Crippen LogP contribution in [0.1, 0.15) is 51.4 Å². The highest BCUT2D eigenvalue weighted by Gasteiger charge is 2.26. The molecule has 8 nitrogen and oxygen atoms in total. The van der Waals surface area contributed by atoms with Crippen molar-refractivity contribution in [3.05, 3.63) is 83.2 Å². The summed E-state index contributed by atoms with van der Waals surface area (Å²) in [4.78, 5) is 25.5. The van der Waals surface area contributed by atoms with Crippen molar-refractivity contribution >= 4 is 21.8 Å². The van der Waals surface area contributed by atoms with Crippen LogP contribution in [0.4, 0.5) is 0 Å². The molecule has 3 aromatic rings. The summed E-state index contributed by atoms with van der Waals surface area (Å²) in [6.45, 7) is 4.71. The van der Waals surface area contributed by atoms with Crippen LogP contribution in [0.3, 0.4) is 0 Å². The standard InChI is InChI=1S/C25H28N4O4S/c1-18-16-23(19(2)29(18)21-11-5-3-6-12-21)25(31)27-26-24(30)20-10-9-13-22(17-20)34(32,33)28-14-7-4-8-15-28/h3,5-6,9-13,16-17H,4,7-8,14-15H2,1-2H3,(H,26,30)(H,27,31). The lowest BCUT2D eigenvalue weighted by Crippen LogP contribution is -2.42. The Morgan fingerprint density at radius 2 is 1.50 bits per heavy atom. The van der Waals surface area contributed by atoms with E-state index in [-0.39, 0.29) is 10.5 Å². The van der Waals surface area contributed by atoms with Gasteiger partial charge in [-0.05, 0) is 63.1 Å². The van der Waals surface area contributed by atoms with Gasteiger partial charge in [-0.1, -0.05) is 30.7 Å². The van der Waals surface area contributed by atoms with Gasteiger partial charge < -0.3 is 4.57 Å². The van der Waals surface area contributed by atoms with Gasteiger partial charge in [0.15, 0.2) is 0 Å². The van der Waals surface area contributed by atoms with Crippen LogP contribution in [0.5, 0.6) is 0 Å². The number of carbonyl (C=O) groups is 2. The predicted octanol–water partition coefficient (Wildman–Crippen LogP) is 3.34. The van der Waals surface area contributed by atoms with Gasteiger partial charge in [0.25, 0.3) is 11.8 Å². The molecule has 1 fully saturated rings. The van der Waals surface area contributed by atoms with Crippen LogP contribution in [0.15, 0.2) is 65.6 Å². The zero-order valence-electron chi connectivity index (χ0n) is 19.2.